The van der Waals surface area contributed by atoms with Crippen LogP contribution in [0, 0.1) is 24.8 Å². The molecule has 268 valence electrons. The van der Waals surface area contributed by atoms with Crippen LogP contribution in [-0.2, 0) is 9.47 Å². The second-order valence-electron chi connectivity index (χ2n) is 12.0. The number of halogens is 4. The number of aromatic nitrogens is 4. The molecule has 1 atom stereocenters. The molecular weight excluding hydrogens is 818 g/mol. The van der Waals surface area contributed by atoms with Gasteiger partial charge >= 0.3 is 6.04 Å². The van der Waals surface area contributed by atoms with Crippen molar-refractivity contribution in [2.24, 2.45) is 0 Å². The highest BCUT2D eigenvalue weighted by atomic mass is 79.9. The predicted octanol–water partition coefficient (Wildman–Crippen LogP) is 9.51. The maximum absolute atomic E-state index is 13.3. The summed E-state index contributed by atoms with van der Waals surface area (Å²) in [5.74, 6) is -0.649. The van der Waals surface area contributed by atoms with Crippen molar-refractivity contribution in [3.8, 4) is 22.9 Å². The van der Waals surface area contributed by atoms with E-state index in [-0.39, 0.29) is 36.1 Å². The molecule has 0 saturated heterocycles. The Kier molecular flexibility index (Phi) is 9.93. The van der Waals surface area contributed by atoms with Crippen molar-refractivity contribution in [2.75, 3.05) is 27.4 Å². The van der Waals surface area contributed by atoms with Gasteiger partial charge in [-0.15, -0.1) is 0 Å². The van der Waals surface area contributed by atoms with Gasteiger partial charge in [0.15, 0.2) is 0 Å². The molecule has 0 saturated carbocycles. The zero-order chi connectivity index (χ0) is 37.4. The Morgan fingerprint density at radius 2 is 1.36 bits per heavy atom. The van der Waals surface area contributed by atoms with Crippen molar-refractivity contribution in [3.63, 3.8) is 0 Å². The largest absolute Gasteiger partial charge is 0.523 e. The van der Waals surface area contributed by atoms with E-state index in [4.69, 9.17) is 32.1 Å². The summed E-state index contributed by atoms with van der Waals surface area (Å²) in [7, 11) is 3.07. The molecule has 1 N–H and O–H groups in total. The smallest absolute Gasteiger partial charge is 0.305 e. The molecule has 0 amide bonds. The number of hydrogen-bond donors (Lipinski definition) is 1. The SMILES string of the molecule is [C-]#[N+]C1=C(O)CCOc2c1cc1cnn(-c3ccc(F)cc3)c1c2Br.[C-]#[N+]C1c2cc3cnn(-c4ccc(F)cc4)c3c(Br)c2OCCC1(OC)OC. The Morgan fingerprint density at radius 1 is 0.830 bits per heavy atom. The van der Waals surface area contributed by atoms with Crippen LogP contribution in [0.2, 0.25) is 0 Å². The van der Waals surface area contributed by atoms with Gasteiger partial charge < -0.3 is 28.9 Å². The van der Waals surface area contributed by atoms with E-state index in [1.165, 1.54) is 38.5 Å². The van der Waals surface area contributed by atoms with Gasteiger partial charge in [-0.3, -0.25) is 0 Å². The molecule has 0 spiro atoms. The van der Waals surface area contributed by atoms with Crippen LogP contribution in [0.3, 0.4) is 0 Å². The summed E-state index contributed by atoms with van der Waals surface area (Å²) in [6.07, 6.45) is 4.05. The fourth-order valence-electron chi connectivity index (χ4n) is 6.51. The van der Waals surface area contributed by atoms with Crippen molar-refractivity contribution >= 4 is 59.4 Å². The highest BCUT2D eigenvalue weighted by Crippen LogP contribution is 2.48. The molecule has 1 unspecified atom stereocenters. The Balaban J connectivity index is 0.000000165. The summed E-state index contributed by atoms with van der Waals surface area (Å²) in [6, 6.07) is 15.1. The average molecular weight is 846 g/mol. The van der Waals surface area contributed by atoms with Gasteiger partial charge in [0, 0.05) is 43.4 Å². The highest BCUT2D eigenvalue weighted by Gasteiger charge is 2.50. The lowest BCUT2D eigenvalue weighted by molar-refractivity contribution is -0.219. The fraction of sp³-hybridized carbons (Fsp3) is 0.211. The lowest BCUT2D eigenvalue weighted by atomic mass is 9.95. The molecule has 8 rings (SSSR count). The second-order valence-corrected chi connectivity index (χ2v) is 13.6. The molecule has 0 fully saturated rings. The molecule has 2 aliphatic heterocycles. The molecule has 2 aromatic heterocycles. The number of benzene rings is 4. The fourth-order valence-corrected chi connectivity index (χ4v) is 7.97. The number of aliphatic hydroxyl groups excluding tert-OH is 1. The number of fused-ring (bicyclic) bond motifs is 4. The number of aliphatic hydroxyl groups is 1. The van der Waals surface area contributed by atoms with E-state index < -0.39 is 11.8 Å². The van der Waals surface area contributed by atoms with Gasteiger partial charge in [-0.1, -0.05) is 6.07 Å². The minimum Gasteiger partial charge on any atom is -0.523 e. The third kappa shape index (κ3) is 6.29. The van der Waals surface area contributed by atoms with Crippen LogP contribution in [0.4, 0.5) is 8.78 Å². The van der Waals surface area contributed by atoms with Crippen molar-refractivity contribution in [1.82, 2.24) is 19.6 Å². The third-order valence-electron chi connectivity index (χ3n) is 9.12. The van der Waals surface area contributed by atoms with Crippen molar-refractivity contribution < 1.29 is 32.8 Å². The monoisotopic (exact) mass is 844 g/mol. The van der Waals surface area contributed by atoms with Crippen molar-refractivity contribution in [2.45, 2.75) is 24.7 Å². The van der Waals surface area contributed by atoms with E-state index in [0.717, 1.165) is 27.5 Å². The van der Waals surface area contributed by atoms with Gasteiger partial charge in [0.25, 0.3) is 5.79 Å². The number of nitrogens with zero attached hydrogens (tertiary/aromatic N) is 6. The molecule has 6 aromatic rings. The molecule has 2 aliphatic rings. The topological polar surface area (TPSA) is 102 Å². The van der Waals surface area contributed by atoms with Crippen LogP contribution in [0.15, 0.2) is 87.8 Å². The van der Waals surface area contributed by atoms with E-state index in [9.17, 15) is 13.9 Å². The maximum atomic E-state index is 13.3. The van der Waals surface area contributed by atoms with Gasteiger partial charge in [0.2, 0.25) is 5.70 Å². The van der Waals surface area contributed by atoms with Crippen LogP contribution in [0.1, 0.15) is 30.0 Å². The van der Waals surface area contributed by atoms with Crippen molar-refractivity contribution in [3.05, 3.63) is 133 Å². The Hall–Kier alpha value is -5.32. The summed E-state index contributed by atoms with van der Waals surface area (Å²) in [5.41, 5.74) is 4.33. The standard InChI is InChI=1S/C20H17BrFN3O3.C18H11BrFN3O2/c1-23-19-15-10-12-11-24-25(14-6-4-13(22)5-7-14)17(12)16(21)18(15)28-9-8-20(19,26-2)27-3;1-21-16-13-8-10-9-22-23(12-4-2-11(20)3-5-12)17(10)15(19)18(13)25-7-6-14(16)24/h4-7,10-11,19H,8-9H2,2-3H3;2-5,8-9,24H,6-7H2. The number of ether oxygens (including phenoxy) is 4. The first-order chi connectivity index (χ1) is 25.6. The Labute approximate surface area is 318 Å². The first-order valence-corrected chi connectivity index (χ1v) is 17.7. The summed E-state index contributed by atoms with van der Waals surface area (Å²) >= 11 is 7.19. The lowest BCUT2D eigenvalue weighted by Crippen LogP contribution is -2.39. The normalized spacial score (nSPS) is 16.2. The van der Waals surface area contributed by atoms with E-state index in [2.05, 4.69) is 51.7 Å². The quantitative estimate of drug-likeness (QED) is 0.139. The highest BCUT2D eigenvalue weighted by molar-refractivity contribution is 9.11. The summed E-state index contributed by atoms with van der Waals surface area (Å²) in [6.45, 7) is 15.7. The molecule has 15 heteroatoms. The first kappa shape index (κ1) is 36.1. The van der Waals surface area contributed by atoms with Crippen molar-refractivity contribution in [1.29, 1.82) is 0 Å². The Bertz CT molecular complexity index is 2480. The van der Waals surface area contributed by atoms with Gasteiger partial charge in [-0.2, -0.15) is 10.2 Å². The minimum atomic E-state index is -1.09. The van der Waals surface area contributed by atoms with Crippen LogP contribution in [-0.4, -0.2) is 57.9 Å². The van der Waals surface area contributed by atoms with Crippen LogP contribution in [0.5, 0.6) is 11.5 Å². The average Bonchev–Trinajstić information content (AvgIpc) is 3.70. The number of hydrogen-bond acceptors (Lipinski definition) is 7. The Morgan fingerprint density at radius 3 is 1.89 bits per heavy atom. The molecule has 4 heterocycles. The van der Waals surface area contributed by atoms with E-state index >= 15 is 0 Å². The van der Waals surface area contributed by atoms with E-state index in [0.29, 0.717) is 50.3 Å². The minimum absolute atomic E-state index is 0.0194. The zero-order valence-electron chi connectivity index (χ0n) is 28.1. The maximum Gasteiger partial charge on any atom is 0.305 e. The predicted molar refractivity (Wildman–Crippen MR) is 200 cm³/mol. The molecule has 0 bridgehead atoms. The van der Waals surface area contributed by atoms with Crippen LogP contribution in [0.25, 0.3) is 48.6 Å². The van der Waals surface area contributed by atoms with Gasteiger partial charge in [-0.25, -0.2) is 29.6 Å². The third-order valence-corrected chi connectivity index (χ3v) is 10.6. The van der Waals surface area contributed by atoms with Crippen LogP contribution < -0.4 is 9.47 Å². The first-order valence-electron chi connectivity index (χ1n) is 16.1. The lowest BCUT2D eigenvalue weighted by Gasteiger charge is -2.29. The molecule has 0 aliphatic carbocycles. The summed E-state index contributed by atoms with van der Waals surface area (Å²) < 4.78 is 54.2. The van der Waals surface area contributed by atoms with Crippen LogP contribution >= 0.6 is 31.9 Å². The van der Waals surface area contributed by atoms with Gasteiger partial charge in [0.05, 0.1) is 69.1 Å². The zero-order valence-corrected chi connectivity index (χ0v) is 31.3. The molecular formula is C38H28Br2F2N6O5. The summed E-state index contributed by atoms with van der Waals surface area (Å²) in [4.78, 5) is 7.26. The number of methoxy groups -OCH3 is 2. The van der Waals surface area contributed by atoms with E-state index in [1.54, 1.807) is 52.1 Å². The molecule has 0 radical (unpaired) electrons. The molecule has 11 nitrogen and oxygen atoms in total. The number of rotatable bonds is 4. The molecule has 4 aromatic carbocycles. The summed E-state index contributed by atoms with van der Waals surface area (Å²) in [5, 5.41) is 20.5. The van der Waals surface area contributed by atoms with Gasteiger partial charge in [0.1, 0.15) is 28.9 Å². The van der Waals surface area contributed by atoms with Gasteiger partial charge in [-0.05, 0) is 86.5 Å². The van der Waals surface area contributed by atoms with E-state index in [1.807, 2.05) is 6.07 Å². The second kappa shape index (κ2) is 14.6. The molecule has 53 heavy (non-hydrogen) atoms.